The van der Waals surface area contributed by atoms with Gasteiger partial charge in [-0.15, -0.1) is 0 Å². The van der Waals surface area contributed by atoms with Crippen LogP contribution >= 0.6 is 0 Å². The van der Waals surface area contributed by atoms with Gasteiger partial charge in [0.2, 0.25) is 0 Å². The van der Waals surface area contributed by atoms with Crippen LogP contribution in [0, 0.1) is 0 Å². The van der Waals surface area contributed by atoms with Crippen LogP contribution in [0.1, 0.15) is 126 Å². The molecule has 6 aromatic carbocycles. The zero-order chi connectivity index (χ0) is 38.1. The van der Waals surface area contributed by atoms with Crippen molar-refractivity contribution < 1.29 is 0 Å². The van der Waals surface area contributed by atoms with Gasteiger partial charge in [-0.3, -0.25) is 0 Å². The number of hydrogen-bond donors (Lipinski definition) is 0. The number of anilines is 6. The fourth-order valence-electron chi connectivity index (χ4n) is 8.72. The lowest BCUT2D eigenvalue weighted by Crippen LogP contribution is -2.61. The van der Waals surface area contributed by atoms with E-state index in [1.807, 2.05) is 0 Å². The molecular formula is C51H55BN2. The Balaban J connectivity index is 1.50. The minimum Gasteiger partial charge on any atom is -0.311 e. The molecule has 272 valence electrons. The highest BCUT2D eigenvalue weighted by molar-refractivity contribution is 7.00. The molecule has 0 aromatic heterocycles. The highest BCUT2D eigenvalue weighted by Crippen LogP contribution is 2.47. The first-order valence-electron chi connectivity index (χ1n) is 20.2. The average Bonchev–Trinajstić information content (AvgIpc) is 3.17. The molecule has 0 fully saturated rings. The van der Waals surface area contributed by atoms with E-state index < -0.39 is 0 Å². The highest BCUT2D eigenvalue weighted by Gasteiger charge is 2.44. The molecule has 0 aliphatic carbocycles. The second-order valence-electron chi connectivity index (χ2n) is 17.5. The van der Waals surface area contributed by atoms with Crippen LogP contribution in [0.4, 0.5) is 34.1 Å². The Kier molecular flexibility index (Phi) is 9.12. The number of fused-ring (bicyclic) bond motifs is 4. The molecule has 54 heavy (non-hydrogen) atoms. The maximum absolute atomic E-state index is 2.57. The first-order chi connectivity index (χ1) is 25.8. The van der Waals surface area contributed by atoms with E-state index in [4.69, 9.17) is 0 Å². The molecule has 0 radical (unpaired) electrons. The third-order valence-corrected chi connectivity index (χ3v) is 12.3. The quantitative estimate of drug-likeness (QED) is 0.145. The lowest BCUT2D eigenvalue weighted by molar-refractivity contribution is 0.641. The van der Waals surface area contributed by atoms with Gasteiger partial charge in [0, 0.05) is 39.5 Å². The molecule has 0 N–H and O–H groups in total. The van der Waals surface area contributed by atoms with Crippen LogP contribution in [0.25, 0.3) is 0 Å². The summed E-state index contributed by atoms with van der Waals surface area (Å²) < 4.78 is 0. The topological polar surface area (TPSA) is 6.48 Å². The summed E-state index contributed by atoms with van der Waals surface area (Å²) in [5.41, 5.74) is 19.5. The molecule has 0 bridgehead atoms. The third-order valence-electron chi connectivity index (χ3n) is 12.3. The molecule has 0 saturated heterocycles. The Labute approximate surface area is 325 Å². The van der Waals surface area contributed by atoms with Crippen LogP contribution in [0.2, 0.25) is 0 Å². The predicted molar refractivity (Wildman–Crippen MR) is 235 cm³/mol. The van der Waals surface area contributed by atoms with E-state index >= 15 is 0 Å². The van der Waals surface area contributed by atoms with E-state index in [1.54, 1.807) is 0 Å². The number of hydrogen-bond acceptors (Lipinski definition) is 2. The lowest BCUT2D eigenvalue weighted by atomic mass is 9.33. The Morgan fingerprint density at radius 1 is 0.407 bits per heavy atom. The molecular weight excluding hydrogens is 651 g/mol. The minimum atomic E-state index is -0.244. The van der Waals surface area contributed by atoms with Gasteiger partial charge >= 0.3 is 0 Å². The molecule has 2 aliphatic heterocycles. The Hall–Kier alpha value is -5.02. The molecule has 0 unspecified atom stereocenters. The summed E-state index contributed by atoms with van der Waals surface area (Å²) in [6.45, 7) is 23.2. The monoisotopic (exact) mass is 706 g/mol. The van der Waals surface area contributed by atoms with Crippen molar-refractivity contribution in [3.63, 3.8) is 0 Å². The third kappa shape index (κ3) is 5.97. The second kappa shape index (κ2) is 13.7. The van der Waals surface area contributed by atoms with E-state index in [2.05, 4.69) is 206 Å². The summed E-state index contributed by atoms with van der Waals surface area (Å²) in [5.74, 6) is 1.78. The zero-order valence-corrected chi connectivity index (χ0v) is 33.9. The van der Waals surface area contributed by atoms with Gasteiger partial charge in [0.15, 0.2) is 0 Å². The maximum Gasteiger partial charge on any atom is 0.252 e. The van der Waals surface area contributed by atoms with E-state index in [9.17, 15) is 0 Å². The summed E-state index contributed by atoms with van der Waals surface area (Å²) in [6.07, 6.45) is 0. The fourth-order valence-corrected chi connectivity index (χ4v) is 8.72. The van der Waals surface area contributed by atoms with Crippen molar-refractivity contribution in [2.45, 2.75) is 98.3 Å². The number of benzene rings is 6. The summed E-state index contributed by atoms with van der Waals surface area (Å²) in [4.78, 5) is 5.14. The van der Waals surface area contributed by atoms with Crippen LogP contribution in [-0.2, 0) is 5.41 Å². The van der Waals surface area contributed by atoms with Crippen LogP contribution in [0.15, 0.2) is 127 Å². The van der Waals surface area contributed by atoms with Crippen LogP contribution in [-0.4, -0.2) is 6.71 Å². The van der Waals surface area contributed by atoms with E-state index in [-0.39, 0.29) is 12.1 Å². The fraction of sp³-hybridized carbons (Fsp3) is 0.294. The largest absolute Gasteiger partial charge is 0.311 e. The normalized spacial score (nSPS) is 13.6. The van der Waals surface area contributed by atoms with E-state index in [0.717, 1.165) is 0 Å². The van der Waals surface area contributed by atoms with Crippen molar-refractivity contribution in [3.05, 3.63) is 161 Å². The van der Waals surface area contributed by atoms with E-state index in [1.165, 1.54) is 83.9 Å². The maximum atomic E-state index is 2.57. The molecule has 3 heteroatoms. The average molecular weight is 707 g/mol. The minimum absolute atomic E-state index is 0.0867. The Morgan fingerprint density at radius 3 is 1.19 bits per heavy atom. The SMILES string of the molecule is CC(C)c1ccc(N2c3ccc(C(C)C)cc3B3c4cc(C(C)C)ccc4N(c4ccc(C(C)C)cc4)c4cc(C(C)(C)c5ccccc5)cc2c43)cc1. The van der Waals surface area contributed by atoms with Crippen molar-refractivity contribution >= 4 is 57.2 Å². The molecule has 0 amide bonds. The van der Waals surface area contributed by atoms with Crippen molar-refractivity contribution in [3.8, 4) is 0 Å². The van der Waals surface area contributed by atoms with Gasteiger partial charge < -0.3 is 9.80 Å². The smallest absolute Gasteiger partial charge is 0.252 e. The summed E-state index contributed by atoms with van der Waals surface area (Å²) in [7, 11) is 0. The van der Waals surface area contributed by atoms with Gasteiger partial charge in [-0.25, -0.2) is 0 Å². The standard InChI is InChI=1S/C51H55BN2/c1-32(2)36-16-22-42(23-17-36)53-46-26-20-38(34(5)6)28-44(46)52-45-29-39(35(7)8)21-27-47(45)54(43-24-18-37(19-25-43)33(3)4)49-31-41(30-48(53)50(49)52)51(9,10)40-14-12-11-13-15-40/h11-35H,1-10H3. The summed E-state index contributed by atoms with van der Waals surface area (Å²) in [5, 5.41) is 0. The van der Waals surface area contributed by atoms with Gasteiger partial charge in [0.1, 0.15) is 0 Å². The van der Waals surface area contributed by atoms with Gasteiger partial charge in [0.05, 0.1) is 0 Å². The van der Waals surface area contributed by atoms with Gasteiger partial charge in [-0.2, -0.15) is 0 Å². The molecule has 2 heterocycles. The second-order valence-corrected chi connectivity index (χ2v) is 17.5. The van der Waals surface area contributed by atoms with Crippen LogP contribution in [0.3, 0.4) is 0 Å². The summed E-state index contributed by atoms with van der Waals surface area (Å²) in [6, 6.07) is 49.3. The molecule has 0 saturated carbocycles. The zero-order valence-electron chi connectivity index (χ0n) is 33.9. The predicted octanol–water partition coefficient (Wildman–Crippen LogP) is 12.6. The van der Waals surface area contributed by atoms with E-state index in [0.29, 0.717) is 23.7 Å². The van der Waals surface area contributed by atoms with Gasteiger partial charge in [-0.05, 0) is 122 Å². The molecule has 2 nitrogen and oxygen atoms in total. The van der Waals surface area contributed by atoms with Crippen molar-refractivity contribution in [2.75, 3.05) is 9.80 Å². The first-order valence-corrected chi connectivity index (χ1v) is 20.2. The molecule has 8 rings (SSSR count). The molecule has 6 aromatic rings. The highest BCUT2D eigenvalue weighted by atomic mass is 15.2. The van der Waals surface area contributed by atoms with Crippen LogP contribution < -0.4 is 26.2 Å². The van der Waals surface area contributed by atoms with Gasteiger partial charge in [-0.1, -0.05) is 148 Å². The number of rotatable bonds is 8. The first kappa shape index (κ1) is 36.0. The molecule has 2 aliphatic rings. The summed E-state index contributed by atoms with van der Waals surface area (Å²) >= 11 is 0. The van der Waals surface area contributed by atoms with Crippen LogP contribution in [0.5, 0.6) is 0 Å². The Bertz CT molecular complexity index is 2180. The van der Waals surface area contributed by atoms with Gasteiger partial charge in [0.25, 0.3) is 6.71 Å². The molecule has 0 spiro atoms. The Morgan fingerprint density at radius 2 is 0.796 bits per heavy atom. The molecule has 0 atom stereocenters. The number of nitrogens with zero attached hydrogens (tertiary/aromatic N) is 2. The van der Waals surface area contributed by atoms with Crippen molar-refractivity contribution in [1.82, 2.24) is 0 Å². The van der Waals surface area contributed by atoms with Crippen molar-refractivity contribution in [2.24, 2.45) is 0 Å². The van der Waals surface area contributed by atoms with Crippen molar-refractivity contribution in [1.29, 1.82) is 0 Å². The lowest BCUT2D eigenvalue weighted by Gasteiger charge is -2.45.